The molecule has 29 heavy (non-hydrogen) atoms. The lowest BCUT2D eigenvalue weighted by Gasteiger charge is -2.19. The molecule has 3 aromatic rings. The first kappa shape index (κ1) is 20.0. The van der Waals surface area contributed by atoms with Crippen molar-refractivity contribution in [1.82, 2.24) is 24.5 Å². The molecule has 0 saturated carbocycles. The van der Waals surface area contributed by atoms with Gasteiger partial charge in [-0.3, -0.25) is 14.5 Å². The van der Waals surface area contributed by atoms with Crippen LogP contribution in [0.5, 0.6) is 0 Å². The van der Waals surface area contributed by atoms with E-state index in [1.54, 1.807) is 57.2 Å². The maximum atomic E-state index is 12.6. The number of pyridine rings is 1. The number of carbonyl (C=O) groups is 1. The molecule has 0 bridgehead atoms. The van der Waals surface area contributed by atoms with Crippen molar-refractivity contribution in [2.45, 2.75) is 27.7 Å². The highest BCUT2D eigenvalue weighted by Gasteiger charge is 2.29. The summed E-state index contributed by atoms with van der Waals surface area (Å²) in [6, 6.07) is 9.38. The summed E-state index contributed by atoms with van der Waals surface area (Å²) in [6.07, 6.45) is 4.96. The molecule has 0 aromatic carbocycles. The van der Waals surface area contributed by atoms with Gasteiger partial charge in [0, 0.05) is 19.4 Å². The van der Waals surface area contributed by atoms with Gasteiger partial charge in [0.2, 0.25) is 0 Å². The first-order valence-electron chi connectivity index (χ1n) is 9.05. The molecule has 0 N–H and O–H groups in total. The molecule has 0 amide bonds. The minimum absolute atomic E-state index is 0.0801. The third kappa shape index (κ3) is 4.09. The van der Waals surface area contributed by atoms with E-state index in [0.29, 0.717) is 17.1 Å². The molecule has 0 fully saturated rings. The summed E-state index contributed by atoms with van der Waals surface area (Å²) in [5.74, 6) is -0.349. The molecule has 0 unspecified atom stereocenters. The topological polar surface area (TPSA) is 98.6 Å². The van der Waals surface area contributed by atoms with Crippen LogP contribution in [0.3, 0.4) is 0 Å². The smallest absolute Gasteiger partial charge is 0.316 e. The van der Waals surface area contributed by atoms with E-state index in [2.05, 4.69) is 21.3 Å². The molecular formula is C21H22N6O2. The van der Waals surface area contributed by atoms with Crippen LogP contribution in [0.4, 0.5) is 0 Å². The number of hydrogen-bond acceptors (Lipinski definition) is 6. The third-order valence-corrected chi connectivity index (χ3v) is 4.21. The molecule has 0 spiro atoms. The van der Waals surface area contributed by atoms with Gasteiger partial charge >= 0.3 is 5.97 Å². The lowest BCUT2D eigenvalue weighted by molar-refractivity contribution is -0.145. The molecule has 3 aromatic heterocycles. The van der Waals surface area contributed by atoms with Crippen LogP contribution in [-0.4, -0.2) is 30.5 Å². The van der Waals surface area contributed by atoms with Gasteiger partial charge in [-0.15, -0.1) is 0 Å². The molecule has 8 nitrogen and oxygen atoms in total. The average Bonchev–Trinajstić information content (AvgIpc) is 3.28. The number of nitriles is 1. The van der Waals surface area contributed by atoms with Gasteiger partial charge in [-0.2, -0.15) is 15.5 Å². The zero-order valence-electron chi connectivity index (χ0n) is 17.0. The predicted octanol–water partition coefficient (Wildman–Crippen LogP) is 3.43. The maximum Gasteiger partial charge on any atom is 0.316 e. The third-order valence-electron chi connectivity index (χ3n) is 4.21. The van der Waals surface area contributed by atoms with E-state index >= 15 is 0 Å². The molecule has 0 aliphatic heterocycles. The standard InChI is InChI=1S/C21H22N6O2/c1-14-13-24-26(5)18(14)19(29-20(28)21(2,3)4)17(12-22)27-11-9-16(25-27)15-8-6-7-10-23-15/h6-11,13H,1-5H3. The molecule has 0 aliphatic carbocycles. The van der Waals surface area contributed by atoms with E-state index in [0.717, 1.165) is 5.56 Å². The molecular weight excluding hydrogens is 368 g/mol. The summed E-state index contributed by atoms with van der Waals surface area (Å²) in [5, 5.41) is 18.6. The molecule has 3 rings (SSSR count). The Balaban J connectivity index is 2.16. The molecule has 148 valence electrons. The van der Waals surface area contributed by atoms with Crippen molar-refractivity contribution in [2.24, 2.45) is 12.5 Å². The highest BCUT2D eigenvalue weighted by atomic mass is 16.5. The maximum absolute atomic E-state index is 12.6. The first-order chi connectivity index (χ1) is 13.7. The Morgan fingerprint density at radius 3 is 2.52 bits per heavy atom. The minimum Gasteiger partial charge on any atom is -0.421 e. The van der Waals surface area contributed by atoms with Gasteiger partial charge < -0.3 is 4.74 Å². The van der Waals surface area contributed by atoms with Crippen molar-refractivity contribution in [1.29, 1.82) is 5.26 Å². The van der Waals surface area contributed by atoms with Crippen molar-refractivity contribution in [3.05, 3.63) is 54.1 Å². The van der Waals surface area contributed by atoms with Gasteiger partial charge in [-0.25, -0.2) is 4.68 Å². The Kier molecular flexibility index (Phi) is 5.33. The Morgan fingerprint density at radius 1 is 1.21 bits per heavy atom. The summed E-state index contributed by atoms with van der Waals surface area (Å²) in [7, 11) is 1.73. The fraction of sp³-hybridized carbons (Fsp3) is 0.286. The van der Waals surface area contributed by atoms with Crippen LogP contribution >= 0.6 is 0 Å². The summed E-state index contributed by atoms with van der Waals surface area (Å²) in [5.41, 5.74) is 1.91. The van der Waals surface area contributed by atoms with E-state index in [1.807, 2.05) is 25.1 Å². The Bertz CT molecular complexity index is 1090. The second-order valence-corrected chi connectivity index (χ2v) is 7.59. The van der Waals surface area contributed by atoms with E-state index < -0.39 is 11.4 Å². The van der Waals surface area contributed by atoms with E-state index in [9.17, 15) is 10.1 Å². The van der Waals surface area contributed by atoms with Crippen LogP contribution in [0.25, 0.3) is 22.8 Å². The first-order valence-corrected chi connectivity index (χ1v) is 9.05. The van der Waals surface area contributed by atoms with E-state index in [4.69, 9.17) is 4.74 Å². The van der Waals surface area contributed by atoms with Crippen LogP contribution in [0.2, 0.25) is 0 Å². The number of esters is 1. The fourth-order valence-electron chi connectivity index (χ4n) is 2.63. The van der Waals surface area contributed by atoms with Crippen molar-refractivity contribution >= 4 is 17.4 Å². The summed E-state index contributed by atoms with van der Waals surface area (Å²) < 4.78 is 8.69. The zero-order chi connectivity index (χ0) is 21.2. The highest BCUT2D eigenvalue weighted by Crippen LogP contribution is 2.29. The van der Waals surface area contributed by atoms with Gasteiger partial charge in [0.15, 0.2) is 11.5 Å². The molecule has 0 aliphatic rings. The SMILES string of the molecule is Cc1cnn(C)c1C(OC(=O)C(C)(C)C)=C(C#N)n1ccc(-c2ccccn2)n1. The van der Waals surface area contributed by atoms with E-state index in [-0.39, 0.29) is 11.5 Å². The lowest BCUT2D eigenvalue weighted by atomic mass is 9.97. The minimum atomic E-state index is -0.748. The average molecular weight is 390 g/mol. The number of nitrogens with zero attached hydrogens (tertiary/aromatic N) is 6. The van der Waals surface area contributed by atoms with Crippen LogP contribution in [-0.2, 0) is 16.6 Å². The van der Waals surface area contributed by atoms with Gasteiger partial charge in [-0.1, -0.05) is 6.07 Å². The lowest BCUT2D eigenvalue weighted by Crippen LogP contribution is -2.24. The van der Waals surface area contributed by atoms with Crippen LogP contribution in [0.1, 0.15) is 32.0 Å². The number of aryl methyl sites for hydroxylation is 2. The number of rotatable bonds is 4. The molecule has 8 heteroatoms. The Labute approximate surface area is 169 Å². The number of carbonyl (C=O) groups excluding carboxylic acids is 1. The van der Waals surface area contributed by atoms with E-state index in [1.165, 1.54) is 4.68 Å². The summed E-state index contributed by atoms with van der Waals surface area (Å²) >= 11 is 0. The van der Waals surface area contributed by atoms with Crippen LogP contribution < -0.4 is 0 Å². The molecule has 0 radical (unpaired) electrons. The van der Waals surface area contributed by atoms with Gasteiger partial charge in [0.25, 0.3) is 0 Å². The monoisotopic (exact) mass is 390 g/mol. The van der Waals surface area contributed by atoms with Crippen molar-refractivity contribution in [3.63, 3.8) is 0 Å². The van der Waals surface area contributed by atoms with Gasteiger partial charge in [-0.05, 0) is 51.5 Å². The van der Waals surface area contributed by atoms with Gasteiger partial charge in [0.1, 0.15) is 17.5 Å². The largest absolute Gasteiger partial charge is 0.421 e. The number of hydrogen-bond donors (Lipinski definition) is 0. The second-order valence-electron chi connectivity index (χ2n) is 7.59. The summed E-state index contributed by atoms with van der Waals surface area (Å²) in [6.45, 7) is 7.09. The van der Waals surface area contributed by atoms with Crippen molar-refractivity contribution in [2.75, 3.05) is 0 Å². The Morgan fingerprint density at radius 2 is 1.97 bits per heavy atom. The quantitative estimate of drug-likeness (QED) is 0.384. The Hall–Kier alpha value is -3.73. The zero-order valence-corrected chi connectivity index (χ0v) is 17.0. The molecule has 3 heterocycles. The number of ether oxygens (including phenoxy) is 1. The van der Waals surface area contributed by atoms with Crippen LogP contribution in [0.15, 0.2) is 42.9 Å². The number of allylic oxidation sites excluding steroid dienone is 1. The van der Waals surface area contributed by atoms with Crippen molar-refractivity contribution < 1.29 is 9.53 Å². The summed E-state index contributed by atoms with van der Waals surface area (Å²) in [4.78, 5) is 16.9. The second kappa shape index (κ2) is 7.72. The molecule has 0 atom stereocenters. The fourth-order valence-corrected chi connectivity index (χ4v) is 2.63. The van der Waals surface area contributed by atoms with Crippen molar-refractivity contribution in [3.8, 4) is 17.5 Å². The van der Waals surface area contributed by atoms with Crippen LogP contribution in [0, 0.1) is 23.7 Å². The predicted molar refractivity (Wildman–Crippen MR) is 108 cm³/mol. The normalized spacial score (nSPS) is 12.3. The molecule has 0 saturated heterocycles. The highest BCUT2D eigenvalue weighted by molar-refractivity contribution is 5.92. The number of aromatic nitrogens is 5. The van der Waals surface area contributed by atoms with Gasteiger partial charge in [0.05, 0.1) is 17.3 Å².